The molecule has 5 heteroatoms. The van der Waals surface area contributed by atoms with Crippen molar-refractivity contribution in [1.82, 2.24) is 4.90 Å². The summed E-state index contributed by atoms with van der Waals surface area (Å²) >= 11 is 3.20. The van der Waals surface area contributed by atoms with Crippen LogP contribution in [-0.4, -0.2) is 22.9 Å². The second-order valence-corrected chi connectivity index (χ2v) is 5.23. The van der Waals surface area contributed by atoms with Gasteiger partial charge in [-0.3, -0.25) is 15.0 Å². The molecule has 0 unspecified atom stereocenters. The molecule has 0 spiro atoms. The Hall–Kier alpha value is -0.940. The van der Waals surface area contributed by atoms with Crippen LogP contribution < -0.4 is 0 Å². The van der Waals surface area contributed by atoms with Crippen LogP contribution >= 0.6 is 15.9 Å². The third-order valence-corrected chi connectivity index (χ3v) is 3.73. The quantitative estimate of drug-likeness (QED) is 0.635. The summed E-state index contributed by atoms with van der Waals surface area (Å²) in [7, 11) is 0. The van der Waals surface area contributed by atoms with Crippen molar-refractivity contribution in [1.29, 1.82) is 0 Å². The van der Waals surface area contributed by atoms with Gasteiger partial charge in [-0.2, -0.15) is 0 Å². The van der Waals surface area contributed by atoms with Crippen LogP contribution in [0.25, 0.3) is 0 Å². The summed E-state index contributed by atoms with van der Waals surface area (Å²) in [5, 5.41) is 10.8. The topological polar surface area (TPSA) is 46.4 Å². The molecule has 1 aromatic rings. The number of nitrogens with zero attached hydrogens (tertiary/aromatic N) is 2. The maximum Gasteiger partial charge on any atom is 0.283 e. The first-order valence-corrected chi connectivity index (χ1v) is 6.61. The van der Waals surface area contributed by atoms with Crippen LogP contribution in [0.3, 0.4) is 0 Å². The maximum atomic E-state index is 10.8. The first-order valence-electron chi connectivity index (χ1n) is 5.82. The lowest BCUT2D eigenvalue weighted by atomic mass is 10.1. The van der Waals surface area contributed by atoms with Crippen LogP contribution in [0, 0.1) is 10.1 Å². The molecule has 0 aliphatic carbocycles. The van der Waals surface area contributed by atoms with Gasteiger partial charge in [-0.05, 0) is 53.5 Å². The van der Waals surface area contributed by atoms with Gasteiger partial charge in [0.2, 0.25) is 0 Å². The summed E-state index contributed by atoms with van der Waals surface area (Å²) < 4.78 is 0.546. The lowest BCUT2D eigenvalue weighted by molar-refractivity contribution is -0.385. The van der Waals surface area contributed by atoms with Gasteiger partial charge in [0, 0.05) is 12.6 Å². The number of nitro groups is 1. The summed E-state index contributed by atoms with van der Waals surface area (Å²) in [6, 6.07) is 5.38. The highest BCUT2D eigenvalue weighted by molar-refractivity contribution is 9.10. The van der Waals surface area contributed by atoms with E-state index in [1.165, 1.54) is 19.3 Å². The summed E-state index contributed by atoms with van der Waals surface area (Å²) in [5.41, 5.74) is 1.17. The molecule has 1 aromatic carbocycles. The molecule has 4 nitrogen and oxygen atoms in total. The standard InChI is InChI=1S/C12H15BrN2O2/c13-11-5-4-10(8-12(11)15(16)17)9-14-6-2-1-3-7-14/h4-5,8H,1-3,6-7,9H2. The van der Waals surface area contributed by atoms with Crippen LogP contribution in [0.15, 0.2) is 22.7 Å². The number of likely N-dealkylation sites (tertiary alicyclic amines) is 1. The molecule has 0 atom stereocenters. The molecule has 2 rings (SSSR count). The Bertz CT molecular complexity index is 417. The Morgan fingerprint density at radius 2 is 2.00 bits per heavy atom. The van der Waals surface area contributed by atoms with Crippen molar-refractivity contribution >= 4 is 21.6 Å². The predicted molar refractivity (Wildman–Crippen MR) is 69.9 cm³/mol. The van der Waals surface area contributed by atoms with Crippen molar-refractivity contribution in [3.8, 4) is 0 Å². The highest BCUT2D eigenvalue weighted by Crippen LogP contribution is 2.26. The molecule has 1 saturated heterocycles. The number of rotatable bonds is 3. The smallest absolute Gasteiger partial charge is 0.283 e. The average Bonchev–Trinajstić information content (AvgIpc) is 2.32. The minimum atomic E-state index is -0.343. The number of hydrogen-bond donors (Lipinski definition) is 0. The lowest BCUT2D eigenvalue weighted by Gasteiger charge is -2.26. The maximum absolute atomic E-state index is 10.8. The number of hydrogen-bond acceptors (Lipinski definition) is 3. The van der Waals surface area contributed by atoms with Gasteiger partial charge in [-0.15, -0.1) is 0 Å². The molecule has 0 saturated carbocycles. The predicted octanol–water partition coefficient (Wildman–Crippen LogP) is 3.34. The molecule has 92 valence electrons. The Labute approximate surface area is 109 Å². The molecule has 0 bridgehead atoms. The molecule has 1 aliphatic rings. The van der Waals surface area contributed by atoms with Gasteiger partial charge in [0.1, 0.15) is 0 Å². The first-order chi connectivity index (χ1) is 8.16. The molecule has 17 heavy (non-hydrogen) atoms. The monoisotopic (exact) mass is 298 g/mol. The van der Waals surface area contributed by atoms with Crippen LogP contribution in [0.4, 0.5) is 5.69 Å². The largest absolute Gasteiger partial charge is 0.299 e. The van der Waals surface area contributed by atoms with E-state index < -0.39 is 0 Å². The van der Waals surface area contributed by atoms with Gasteiger partial charge >= 0.3 is 0 Å². The Morgan fingerprint density at radius 1 is 1.29 bits per heavy atom. The Kier molecular flexibility index (Phi) is 4.12. The van der Waals surface area contributed by atoms with E-state index in [-0.39, 0.29) is 10.6 Å². The molecular formula is C12H15BrN2O2. The van der Waals surface area contributed by atoms with Gasteiger partial charge in [-0.25, -0.2) is 0 Å². The van der Waals surface area contributed by atoms with E-state index in [4.69, 9.17) is 0 Å². The third kappa shape index (κ3) is 3.26. The zero-order valence-electron chi connectivity index (χ0n) is 9.56. The summed E-state index contributed by atoms with van der Waals surface area (Å²) in [6.07, 6.45) is 3.77. The average molecular weight is 299 g/mol. The van der Waals surface area contributed by atoms with Crippen molar-refractivity contribution in [2.24, 2.45) is 0 Å². The molecule has 1 heterocycles. The van der Waals surface area contributed by atoms with Gasteiger partial charge < -0.3 is 0 Å². The SMILES string of the molecule is O=[N+]([O-])c1cc(CN2CCCCC2)ccc1Br. The molecular weight excluding hydrogens is 284 g/mol. The summed E-state index contributed by atoms with van der Waals surface area (Å²) in [6.45, 7) is 3.02. The second-order valence-electron chi connectivity index (χ2n) is 4.38. The minimum absolute atomic E-state index is 0.152. The first kappa shape index (κ1) is 12.5. The molecule has 0 N–H and O–H groups in total. The number of piperidine rings is 1. The zero-order valence-corrected chi connectivity index (χ0v) is 11.1. The van der Waals surface area contributed by atoms with Gasteiger partial charge in [0.25, 0.3) is 5.69 Å². The van der Waals surface area contributed by atoms with E-state index in [1.807, 2.05) is 6.07 Å². The summed E-state index contributed by atoms with van der Waals surface area (Å²) in [5.74, 6) is 0. The molecule has 1 aliphatic heterocycles. The highest BCUT2D eigenvalue weighted by Gasteiger charge is 2.15. The van der Waals surface area contributed by atoms with Crippen molar-refractivity contribution in [2.45, 2.75) is 25.8 Å². The van der Waals surface area contributed by atoms with Crippen molar-refractivity contribution in [2.75, 3.05) is 13.1 Å². The summed E-state index contributed by atoms with van der Waals surface area (Å²) in [4.78, 5) is 12.8. The number of nitro benzene ring substituents is 1. The number of halogens is 1. The van der Waals surface area contributed by atoms with E-state index in [0.29, 0.717) is 4.47 Å². The third-order valence-electron chi connectivity index (χ3n) is 3.06. The van der Waals surface area contributed by atoms with Crippen LogP contribution in [0.1, 0.15) is 24.8 Å². The minimum Gasteiger partial charge on any atom is -0.299 e. The fourth-order valence-corrected chi connectivity index (χ4v) is 2.56. The lowest BCUT2D eigenvalue weighted by Crippen LogP contribution is -2.29. The Balaban J connectivity index is 2.10. The van der Waals surface area contributed by atoms with Crippen molar-refractivity contribution in [3.63, 3.8) is 0 Å². The van der Waals surface area contributed by atoms with E-state index in [9.17, 15) is 10.1 Å². The van der Waals surface area contributed by atoms with E-state index in [2.05, 4.69) is 20.8 Å². The fourth-order valence-electron chi connectivity index (χ4n) is 2.17. The van der Waals surface area contributed by atoms with E-state index in [0.717, 1.165) is 25.2 Å². The number of benzene rings is 1. The molecule has 1 fully saturated rings. The molecule has 0 radical (unpaired) electrons. The molecule has 0 amide bonds. The normalized spacial score (nSPS) is 17.0. The van der Waals surface area contributed by atoms with Gasteiger partial charge in [-0.1, -0.05) is 12.5 Å². The molecule has 0 aromatic heterocycles. The van der Waals surface area contributed by atoms with E-state index in [1.54, 1.807) is 12.1 Å². The van der Waals surface area contributed by atoms with Crippen molar-refractivity contribution in [3.05, 3.63) is 38.3 Å². The van der Waals surface area contributed by atoms with Crippen LogP contribution in [-0.2, 0) is 6.54 Å². The zero-order chi connectivity index (χ0) is 12.3. The van der Waals surface area contributed by atoms with Crippen LogP contribution in [0.5, 0.6) is 0 Å². The van der Waals surface area contributed by atoms with Crippen LogP contribution in [0.2, 0.25) is 0 Å². The highest BCUT2D eigenvalue weighted by atomic mass is 79.9. The van der Waals surface area contributed by atoms with Crippen molar-refractivity contribution < 1.29 is 4.92 Å². The Morgan fingerprint density at radius 3 is 2.65 bits per heavy atom. The van der Waals surface area contributed by atoms with E-state index >= 15 is 0 Å². The van der Waals surface area contributed by atoms with Gasteiger partial charge in [0.05, 0.1) is 9.40 Å². The second kappa shape index (κ2) is 5.60. The van der Waals surface area contributed by atoms with Gasteiger partial charge in [0.15, 0.2) is 0 Å². The fraction of sp³-hybridized carbons (Fsp3) is 0.500.